The van der Waals surface area contributed by atoms with Gasteiger partial charge in [0, 0.05) is 30.4 Å². The summed E-state index contributed by atoms with van der Waals surface area (Å²) in [5, 5.41) is 1.11. The maximum absolute atomic E-state index is 14.7. The van der Waals surface area contributed by atoms with E-state index in [0.29, 0.717) is 30.4 Å². The van der Waals surface area contributed by atoms with Gasteiger partial charge in [-0.2, -0.15) is 0 Å². The van der Waals surface area contributed by atoms with E-state index in [0.717, 1.165) is 9.88 Å². The molecule has 1 aromatic carbocycles. The van der Waals surface area contributed by atoms with Crippen molar-refractivity contribution in [2.24, 2.45) is 5.73 Å². The molecule has 34 heavy (non-hydrogen) atoms. The third kappa shape index (κ3) is 7.14. The topological polar surface area (TPSA) is 104 Å². The Kier molecular flexibility index (Phi) is 9.23. The van der Waals surface area contributed by atoms with Crippen molar-refractivity contribution in [2.45, 2.75) is 64.1 Å². The molecule has 1 saturated heterocycles. The lowest BCUT2D eigenvalue weighted by atomic mass is 9.90. The minimum absolute atomic E-state index is 0.0903. The fourth-order valence-corrected chi connectivity index (χ4v) is 4.81. The van der Waals surface area contributed by atoms with Crippen molar-refractivity contribution < 1.29 is 28.2 Å². The van der Waals surface area contributed by atoms with E-state index in [1.807, 2.05) is 0 Å². The van der Waals surface area contributed by atoms with Crippen molar-refractivity contribution in [2.75, 3.05) is 25.2 Å². The molecule has 0 radical (unpaired) electrons. The van der Waals surface area contributed by atoms with Crippen LogP contribution >= 0.6 is 11.3 Å². The van der Waals surface area contributed by atoms with Gasteiger partial charge in [0.1, 0.15) is 5.82 Å². The average molecular weight is 494 g/mol. The maximum Gasteiger partial charge on any atom is 0.414 e. The summed E-state index contributed by atoms with van der Waals surface area (Å²) < 4.78 is 29.0. The molecule has 2 amide bonds. The van der Waals surface area contributed by atoms with Crippen LogP contribution in [-0.4, -0.2) is 49.6 Å². The number of aromatic nitrogens is 1. The summed E-state index contributed by atoms with van der Waals surface area (Å²) >= 11 is 1.58. The van der Waals surface area contributed by atoms with Crippen molar-refractivity contribution in [1.82, 2.24) is 4.98 Å². The van der Waals surface area contributed by atoms with Crippen LogP contribution in [0.15, 0.2) is 24.4 Å². The summed E-state index contributed by atoms with van der Waals surface area (Å²) in [6.07, 6.45) is 6.40. The highest BCUT2D eigenvalue weighted by Crippen LogP contribution is 2.38. The van der Waals surface area contributed by atoms with Crippen molar-refractivity contribution in [3.63, 3.8) is 0 Å². The normalized spacial score (nSPS) is 16.3. The second kappa shape index (κ2) is 12.1. The molecule has 10 heteroatoms. The third-order valence-electron chi connectivity index (χ3n) is 5.58. The van der Waals surface area contributed by atoms with Gasteiger partial charge < -0.3 is 19.9 Å². The van der Waals surface area contributed by atoms with Crippen molar-refractivity contribution in [3.8, 4) is 10.4 Å². The first kappa shape index (κ1) is 25.9. The Labute approximate surface area is 203 Å². The Morgan fingerprint density at radius 3 is 2.47 bits per heavy atom. The monoisotopic (exact) mass is 493 g/mol. The summed E-state index contributed by atoms with van der Waals surface area (Å²) in [5.41, 5.74) is 5.68. The standard InChI is InChI=1S/C20H25FN2O2S.C4H7NO3/c1-13(2)25-20(24)23(3)15-9-10-16(17(21)11-15)18-12-22-19(26-18)14-7-5-4-6-8-14;5-4(6)8-3-1-7-2-3/h9-14H,4-8H2,1-3H3;3H,1-2H2,(H2,5,6). The fourth-order valence-electron chi connectivity index (χ4n) is 3.70. The zero-order valence-electron chi connectivity index (χ0n) is 19.8. The molecule has 186 valence electrons. The Morgan fingerprint density at radius 1 is 1.24 bits per heavy atom. The van der Waals surface area contributed by atoms with Crippen LogP contribution in [0.25, 0.3) is 10.4 Å². The molecule has 2 aromatic rings. The van der Waals surface area contributed by atoms with Gasteiger partial charge in [0.05, 0.1) is 29.2 Å². The van der Waals surface area contributed by atoms with Gasteiger partial charge in [-0.1, -0.05) is 19.3 Å². The second-order valence-corrected chi connectivity index (χ2v) is 9.71. The van der Waals surface area contributed by atoms with Gasteiger partial charge in [0.25, 0.3) is 0 Å². The lowest BCUT2D eigenvalue weighted by molar-refractivity contribution is -0.0961. The molecule has 2 N–H and O–H groups in total. The van der Waals surface area contributed by atoms with E-state index in [1.54, 1.807) is 50.6 Å². The van der Waals surface area contributed by atoms with Gasteiger partial charge in [-0.25, -0.2) is 19.0 Å². The molecule has 1 aliphatic carbocycles. The Morgan fingerprint density at radius 2 is 1.94 bits per heavy atom. The molecular formula is C24H32FN3O5S. The number of thiazole rings is 1. The molecular weight excluding hydrogens is 461 g/mol. The first-order valence-electron chi connectivity index (χ1n) is 11.5. The molecule has 0 spiro atoms. The molecule has 1 saturated carbocycles. The van der Waals surface area contributed by atoms with Crippen molar-refractivity contribution in [3.05, 3.63) is 35.2 Å². The summed E-state index contributed by atoms with van der Waals surface area (Å²) in [4.78, 5) is 28.6. The minimum atomic E-state index is -0.724. The number of rotatable bonds is 5. The quantitative estimate of drug-likeness (QED) is 0.593. The van der Waals surface area contributed by atoms with Crippen LogP contribution in [0.4, 0.5) is 19.7 Å². The molecule has 0 bridgehead atoms. The van der Waals surface area contributed by atoms with Gasteiger partial charge in [-0.15, -0.1) is 11.3 Å². The fraction of sp³-hybridized carbons (Fsp3) is 0.542. The largest absolute Gasteiger partial charge is 0.446 e. The zero-order chi connectivity index (χ0) is 24.7. The van der Waals surface area contributed by atoms with Gasteiger partial charge >= 0.3 is 12.2 Å². The van der Waals surface area contributed by atoms with Crippen molar-refractivity contribution >= 4 is 29.2 Å². The van der Waals surface area contributed by atoms with Crippen LogP contribution in [0.3, 0.4) is 0 Å². The Bertz CT molecular complexity index is 973. The van der Waals surface area contributed by atoms with E-state index >= 15 is 0 Å². The number of hydrogen-bond acceptors (Lipinski definition) is 7. The number of halogens is 1. The number of nitrogens with two attached hydrogens (primary N) is 1. The molecule has 2 heterocycles. The summed E-state index contributed by atoms with van der Waals surface area (Å²) in [6.45, 7) is 4.54. The molecule has 4 rings (SSSR count). The van der Waals surface area contributed by atoms with E-state index in [9.17, 15) is 14.0 Å². The molecule has 2 aliphatic rings. The van der Waals surface area contributed by atoms with Crippen LogP contribution in [0.2, 0.25) is 0 Å². The summed E-state index contributed by atoms with van der Waals surface area (Å²) in [6, 6.07) is 4.82. The number of nitrogens with zero attached hydrogens (tertiary/aromatic N) is 2. The molecule has 0 atom stereocenters. The van der Waals surface area contributed by atoms with Gasteiger partial charge in [0.15, 0.2) is 6.10 Å². The summed E-state index contributed by atoms with van der Waals surface area (Å²) in [5.74, 6) is 0.160. The second-order valence-electron chi connectivity index (χ2n) is 8.65. The number of primary amides is 1. The number of amides is 2. The lowest BCUT2D eigenvalue weighted by Gasteiger charge is -2.24. The van der Waals surface area contributed by atoms with Gasteiger partial charge in [0.2, 0.25) is 0 Å². The highest BCUT2D eigenvalue weighted by atomic mass is 32.1. The number of hydrogen-bond donors (Lipinski definition) is 1. The van der Waals surface area contributed by atoms with E-state index < -0.39 is 12.2 Å². The predicted molar refractivity (Wildman–Crippen MR) is 129 cm³/mol. The van der Waals surface area contributed by atoms with Crippen LogP contribution in [-0.2, 0) is 14.2 Å². The van der Waals surface area contributed by atoms with E-state index in [4.69, 9.17) is 9.47 Å². The zero-order valence-corrected chi connectivity index (χ0v) is 20.6. The van der Waals surface area contributed by atoms with Crippen molar-refractivity contribution in [1.29, 1.82) is 0 Å². The molecule has 2 fully saturated rings. The number of benzene rings is 1. The average Bonchev–Trinajstić information content (AvgIpc) is 3.26. The summed E-state index contributed by atoms with van der Waals surface area (Å²) in [7, 11) is 1.58. The first-order valence-corrected chi connectivity index (χ1v) is 12.3. The van der Waals surface area contributed by atoms with E-state index in [2.05, 4.69) is 15.5 Å². The number of carbonyl (C=O) groups excluding carboxylic acids is 2. The van der Waals surface area contributed by atoms with Crippen LogP contribution in [0, 0.1) is 5.82 Å². The molecule has 8 nitrogen and oxygen atoms in total. The van der Waals surface area contributed by atoms with Gasteiger partial charge in [-0.05, 0) is 44.9 Å². The minimum Gasteiger partial charge on any atom is -0.446 e. The predicted octanol–water partition coefficient (Wildman–Crippen LogP) is 5.46. The number of carbonyl (C=O) groups is 2. The highest BCUT2D eigenvalue weighted by Gasteiger charge is 2.22. The number of anilines is 1. The van der Waals surface area contributed by atoms with E-state index in [-0.39, 0.29) is 18.0 Å². The smallest absolute Gasteiger partial charge is 0.414 e. The lowest BCUT2D eigenvalue weighted by Crippen LogP contribution is -2.39. The van der Waals surface area contributed by atoms with E-state index in [1.165, 1.54) is 43.1 Å². The van der Waals surface area contributed by atoms with Crippen LogP contribution in [0.1, 0.15) is 56.9 Å². The molecule has 1 aliphatic heterocycles. The number of ether oxygens (including phenoxy) is 3. The first-order chi connectivity index (χ1) is 16.2. The van der Waals surface area contributed by atoms with Crippen LogP contribution in [0.5, 0.6) is 0 Å². The highest BCUT2D eigenvalue weighted by molar-refractivity contribution is 7.15. The Hall–Kier alpha value is -2.72. The third-order valence-corrected chi connectivity index (χ3v) is 6.78. The van der Waals surface area contributed by atoms with Gasteiger partial charge in [-0.3, -0.25) is 4.90 Å². The Balaban J connectivity index is 0.000000343. The SMILES string of the molecule is CC(C)OC(=O)N(C)c1ccc(-c2cnc(C3CCCCC3)s2)c(F)c1.NC(=O)OC1COC1. The maximum atomic E-state index is 14.7. The molecule has 0 unspecified atom stereocenters. The van der Waals surface area contributed by atoms with Crippen LogP contribution < -0.4 is 10.6 Å². The molecule has 1 aromatic heterocycles.